The molecule has 1 aromatic carbocycles. The maximum Gasteiger partial charge on any atom is 0.230 e. The Morgan fingerprint density at radius 1 is 1.26 bits per heavy atom. The molecule has 2 aromatic rings. The molecule has 0 aliphatic carbocycles. The number of rotatable bonds is 7. The zero-order valence-corrected chi connectivity index (χ0v) is 17.1. The molecule has 27 heavy (non-hydrogen) atoms. The topological polar surface area (TPSA) is 54.5 Å². The Hall–Kier alpha value is -1.31. The van der Waals surface area contributed by atoms with E-state index in [0.717, 1.165) is 30.1 Å². The van der Waals surface area contributed by atoms with Crippen molar-refractivity contribution in [1.82, 2.24) is 15.2 Å². The van der Waals surface area contributed by atoms with Crippen molar-refractivity contribution >= 4 is 40.9 Å². The van der Waals surface area contributed by atoms with Gasteiger partial charge in [-0.3, -0.25) is 14.7 Å². The number of halogens is 2. The number of morpholine rings is 1. The molecule has 0 bridgehead atoms. The van der Waals surface area contributed by atoms with E-state index in [-0.39, 0.29) is 12.0 Å². The van der Waals surface area contributed by atoms with E-state index < -0.39 is 0 Å². The second kappa shape index (κ2) is 10.3. The molecule has 1 aliphatic rings. The molecule has 2 heterocycles. The third kappa shape index (κ3) is 6.66. The molecular weight excluding hydrogens is 405 g/mol. The van der Waals surface area contributed by atoms with E-state index in [4.69, 9.17) is 27.9 Å². The van der Waals surface area contributed by atoms with E-state index in [1.54, 1.807) is 12.4 Å². The van der Waals surface area contributed by atoms with Crippen LogP contribution in [-0.2, 0) is 16.1 Å². The van der Waals surface area contributed by atoms with Gasteiger partial charge in [0.2, 0.25) is 5.91 Å². The molecule has 1 fully saturated rings. The second-order valence-electron chi connectivity index (χ2n) is 6.25. The first-order valence-corrected chi connectivity index (χ1v) is 10.4. The lowest BCUT2D eigenvalue weighted by Crippen LogP contribution is -2.47. The fourth-order valence-corrected chi connectivity index (χ4v) is 3.84. The standard InChI is InChI=1S/C19H21Cl2N3O2S/c20-17-2-1-14(9-18(17)21)11-24-7-8-26-15(12-24)10-23-19(25)13-27-16-3-5-22-6-4-16/h1-6,9,15H,7-8,10-13H2,(H,23,25). The lowest BCUT2D eigenvalue weighted by molar-refractivity contribution is -0.119. The fraction of sp³-hybridized carbons (Fsp3) is 0.368. The molecule has 144 valence electrons. The number of aromatic nitrogens is 1. The number of benzene rings is 1. The van der Waals surface area contributed by atoms with Gasteiger partial charge in [0.05, 0.1) is 28.5 Å². The second-order valence-corrected chi connectivity index (χ2v) is 8.12. The lowest BCUT2D eigenvalue weighted by Gasteiger charge is -2.33. The van der Waals surface area contributed by atoms with E-state index in [9.17, 15) is 4.79 Å². The Labute approximate surface area is 173 Å². The molecule has 3 rings (SSSR count). The summed E-state index contributed by atoms with van der Waals surface area (Å²) in [5, 5.41) is 4.09. The third-order valence-electron chi connectivity index (χ3n) is 4.16. The highest BCUT2D eigenvalue weighted by atomic mass is 35.5. The monoisotopic (exact) mass is 425 g/mol. The molecule has 1 N–H and O–H groups in total. The van der Waals surface area contributed by atoms with Gasteiger partial charge in [0.1, 0.15) is 0 Å². The molecule has 0 spiro atoms. The van der Waals surface area contributed by atoms with Crippen molar-refractivity contribution in [3.05, 3.63) is 58.3 Å². The van der Waals surface area contributed by atoms with E-state index >= 15 is 0 Å². The first kappa shape index (κ1) is 20.4. The minimum atomic E-state index is -0.0172. The van der Waals surface area contributed by atoms with Crippen LogP contribution in [0, 0.1) is 0 Å². The summed E-state index contributed by atoms with van der Waals surface area (Å²) >= 11 is 13.6. The van der Waals surface area contributed by atoms with Crippen molar-refractivity contribution in [2.24, 2.45) is 0 Å². The Kier molecular flexibility index (Phi) is 7.79. The molecule has 1 unspecified atom stereocenters. The van der Waals surface area contributed by atoms with Gasteiger partial charge in [-0.05, 0) is 29.8 Å². The lowest BCUT2D eigenvalue weighted by atomic mass is 10.2. The summed E-state index contributed by atoms with van der Waals surface area (Å²) in [4.78, 5) is 19.4. The number of thioether (sulfide) groups is 1. The number of pyridine rings is 1. The first-order chi connectivity index (χ1) is 13.1. The highest BCUT2D eigenvalue weighted by Crippen LogP contribution is 2.23. The fourth-order valence-electron chi connectivity index (χ4n) is 2.81. The van der Waals surface area contributed by atoms with Crippen LogP contribution in [0.15, 0.2) is 47.6 Å². The van der Waals surface area contributed by atoms with E-state index in [1.807, 2.05) is 30.3 Å². The Morgan fingerprint density at radius 3 is 2.85 bits per heavy atom. The van der Waals surface area contributed by atoms with Crippen LogP contribution in [0.1, 0.15) is 5.56 Å². The van der Waals surface area contributed by atoms with Gasteiger partial charge in [0.25, 0.3) is 0 Å². The van der Waals surface area contributed by atoms with Crippen LogP contribution in [0.3, 0.4) is 0 Å². The summed E-state index contributed by atoms with van der Waals surface area (Å²) in [7, 11) is 0. The van der Waals surface area contributed by atoms with Crippen LogP contribution in [0.4, 0.5) is 0 Å². The average Bonchev–Trinajstić information content (AvgIpc) is 2.69. The van der Waals surface area contributed by atoms with Gasteiger partial charge >= 0.3 is 0 Å². The van der Waals surface area contributed by atoms with Crippen molar-refractivity contribution in [1.29, 1.82) is 0 Å². The average molecular weight is 426 g/mol. The number of carbonyl (C=O) groups excluding carboxylic acids is 1. The van der Waals surface area contributed by atoms with Gasteiger partial charge in [-0.1, -0.05) is 29.3 Å². The number of hydrogen-bond acceptors (Lipinski definition) is 5. The summed E-state index contributed by atoms with van der Waals surface area (Å²) in [6.45, 7) is 3.55. The smallest absolute Gasteiger partial charge is 0.230 e. The van der Waals surface area contributed by atoms with Crippen molar-refractivity contribution in [2.75, 3.05) is 32.0 Å². The summed E-state index contributed by atoms with van der Waals surface area (Å²) in [5.74, 6) is 0.381. The molecule has 1 amide bonds. The number of nitrogens with one attached hydrogen (secondary N) is 1. The number of hydrogen-bond donors (Lipinski definition) is 1. The quantitative estimate of drug-likeness (QED) is 0.687. The van der Waals surface area contributed by atoms with Crippen molar-refractivity contribution in [3.8, 4) is 0 Å². The molecule has 1 saturated heterocycles. The molecule has 1 atom stereocenters. The predicted molar refractivity (Wildman–Crippen MR) is 109 cm³/mol. The molecule has 1 aliphatic heterocycles. The molecule has 0 saturated carbocycles. The van der Waals surface area contributed by atoms with Gasteiger partial charge in [-0.25, -0.2) is 0 Å². The zero-order valence-electron chi connectivity index (χ0n) is 14.7. The van der Waals surface area contributed by atoms with Crippen molar-refractivity contribution in [2.45, 2.75) is 17.5 Å². The summed E-state index contributed by atoms with van der Waals surface area (Å²) < 4.78 is 5.78. The maximum atomic E-state index is 12.1. The number of carbonyl (C=O) groups is 1. The largest absolute Gasteiger partial charge is 0.374 e. The minimum Gasteiger partial charge on any atom is -0.374 e. The van der Waals surface area contributed by atoms with E-state index in [1.165, 1.54) is 11.8 Å². The van der Waals surface area contributed by atoms with E-state index in [2.05, 4.69) is 15.2 Å². The number of nitrogens with zero attached hydrogens (tertiary/aromatic N) is 2. The summed E-state index contributed by atoms with van der Waals surface area (Å²) in [6, 6.07) is 9.48. The highest BCUT2D eigenvalue weighted by molar-refractivity contribution is 8.00. The highest BCUT2D eigenvalue weighted by Gasteiger charge is 2.21. The van der Waals surface area contributed by atoms with Gasteiger partial charge in [-0.15, -0.1) is 11.8 Å². The zero-order chi connectivity index (χ0) is 19.1. The third-order valence-corrected chi connectivity index (χ3v) is 5.91. The normalized spacial score (nSPS) is 17.6. The van der Waals surface area contributed by atoms with Crippen LogP contribution in [0.2, 0.25) is 10.0 Å². The van der Waals surface area contributed by atoms with E-state index in [0.29, 0.717) is 28.9 Å². The van der Waals surface area contributed by atoms with Crippen LogP contribution in [0.5, 0.6) is 0 Å². The van der Waals surface area contributed by atoms with Crippen LogP contribution in [-0.4, -0.2) is 53.9 Å². The molecule has 5 nitrogen and oxygen atoms in total. The molecular formula is C19H21Cl2N3O2S. The Bertz CT molecular complexity index is 764. The van der Waals surface area contributed by atoms with Gasteiger partial charge in [-0.2, -0.15) is 0 Å². The van der Waals surface area contributed by atoms with Crippen molar-refractivity contribution in [3.63, 3.8) is 0 Å². The predicted octanol–water partition coefficient (Wildman–Crippen LogP) is 3.50. The van der Waals surface area contributed by atoms with Gasteiger partial charge < -0.3 is 10.1 Å². The maximum absolute atomic E-state index is 12.1. The number of amides is 1. The van der Waals surface area contributed by atoms with Crippen molar-refractivity contribution < 1.29 is 9.53 Å². The Balaban J connectivity index is 1.41. The summed E-state index contributed by atoms with van der Waals surface area (Å²) in [5.41, 5.74) is 1.11. The molecule has 8 heteroatoms. The SMILES string of the molecule is O=C(CSc1ccncc1)NCC1CN(Cc2ccc(Cl)c(Cl)c2)CCO1. The van der Waals surface area contributed by atoms with Gasteiger partial charge in [0.15, 0.2) is 0 Å². The van der Waals surface area contributed by atoms with Crippen LogP contribution >= 0.6 is 35.0 Å². The summed E-state index contributed by atoms with van der Waals surface area (Å²) in [6.07, 6.45) is 3.42. The minimum absolute atomic E-state index is 0.00187. The van der Waals surface area contributed by atoms with Crippen LogP contribution < -0.4 is 5.32 Å². The molecule has 0 radical (unpaired) electrons. The number of ether oxygens (including phenoxy) is 1. The van der Waals surface area contributed by atoms with Crippen LogP contribution in [0.25, 0.3) is 0 Å². The Morgan fingerprint density at radius 2 is 2.07 bits per heavy atom. The molecule has 1 aromatic heterocycles. The van der Waals surface area contributed by atoms with Gasteiger partial charge in [0, 0.05) is 43.5 Å². The first-order valence-electron chi connectivity index (χ1n) is 8.67.